The summed E-state index contributed by atoms with van der Waals surface area (Å²) >= 11 is 4.93. The monoisotopic (exact) mass is 301 g/mol. The van der Waals surface area contributed by atoms with Crippen molar-refractivity contribution >= 4 is 44.2 Å². The molecule has 4 heterocycles. The maximum absolute atomic E-state index is 4.72. The average molecular weight is 301 g/mol. The molecule has 0 unspecified atom stereocenters. The molecule has 4 aromatic rings. The first-order valence-electron chi connectivity index (χ1n) is 5.61. The van der Waals surface area contributed by atoms with E-state index in [9.17, 15) is 0 Å². The van der Waals surface area contributed by atoms with E-state index in [1.807, 2.05) is 35.2 Å². The lowest BCUT2D eigenvalue weighted by atomic mass is 10.3. The minimum absolute atomic E-state index is 0.783. The molecule has 6 heteroatoms. The SMILES string of the molecule is c1csc(-c2nc(-c3nccs3)c3sccc3n2)c1. The van der Waals surface area contributed by atoms with Crippen LogP contribution >= 0.6 is 34.0 Å². The van der Waals surface area contributed by atoms with Gasteiger partial charge in [-0.05, 0) is 22.9 Å². The van der Waals surface area contributed by atoms with Gasteiger partial charge in [-0.15, -0.1) is 34.0 Å². The average Bonchev–Trinajstić information content (AvgIpc) is 3.18. The third-order valence-electron chi connectivity index (χ3n) is 2.68. The van der Waals surface area contributed by atoms with Gasteiger partial charge in [-0.25, -0.2) is 15.0 Å². The molecule has 0 atom stereocenters. The van der Waals surface area contributed by atoms with Crippen molar-refractivity contribution in [3.05, 3.63) is 40.5 Å². The van der Waals surface area contributed by atoms with E-state index in [2.05, 4.69) is 15.3 Å². The summed E-state index contributed by atoms with van der Waals surface area (Å²) in [6.45, 7) is 0. The Morgan fingerprint density at radius 3 is 2.68 bits per heavy atom. The van der Waals surface area contributed by atoms with Crippen LogP contribution in [0.15, 0.2) is 40.5 Å². The number of hydrogen-bond acceptors (Lipinski definition) is 6. The van der Waals surface area contributed by atoms with Gasteiger partial charge in [0.2, 0.25) is 0 Å². The van der Waals surface area contributed by atoms with Crippen LogP contribution in [0.4, 0.5) is 0 Å². The highest BCUT2D eigenvalue weighted by molar-refractivity contribution is 7.18. The van der Waals surface area contributed by atoms with Crippen molar-refractivity contribution in [2.45, 2.75) is 0 Å². The Labute approximate surface area is 121 Å². The molecule has 0 aromatic carbocycles. The van der Waals surface area contributed by atoms with Crippen LogP contribution in [0.3, 0.4) is 0 Å². The lowest BCUT2D eigenvalue weighted by Crippen LogP contribution is -1.91. The van der Waals surface area contributed by atoms with Crippen molar-refractivity contribution < 1.29 is 0 Å². The number of rotatable bonds is 2. The van der Waals surface area contributed by atoms with Gasteiger partial charge in [0.1, 0.15) is 10.7 Å². The van der Waals surface area contributed by atoms with Crippen LogP contribution < -0.4 is 0 Å². The second-order valence-electron chi connectivity index (χ2n) is 3.85. The molecule has 3 nitrogen and oxygen atoms in total. The molecule has 0 radical (unpaired) electrons. The third-order valence-corrected chi connectivity index (χ3v) is 5.24. The zero-order valence-electron chi connectivity index (χ0n) is 9.61. The highest BCUT2D eigenvalue weighted by Gasteiger charge is 2.14. The van der Waals surface area contributed by atoms with Crippen molar-refractivity contribution in [2.75, 3.05) is 0 Å². The fourth-order valence-electron chi connectivity index (χ4n) is 1.86. The molecule has 4 rings (SSSR count). The number of thiazole rings is 1. The second-order valence-corrected chi connectivity index (χ2v) is 6.60. The zero-order chi connectivity index (χ0) is 12.7. The standard InChI is InChI=1S/C13H7N3S3/c1-2-9(17-5-1)12-15-8-3-6-18-11(8)10(16-12)13-14-4-7-19-13/h1-7H. The van der Waals surface area contributed by atoms with E-state index in [0.29, 0.717) is 0 Å². The highest BCUT2D eigenvalue weighted by atomic mass is 32.1. The van der Waals surface area contributed by atoms with E-state index in [-0.39, 0.29) is 0 Å². The maximum atomic E-state index is 4.72. The lowest BCUT2D eigenvalue weighted by Gasteiger charge is -2.02. The molecule has 0 aliphatic carbocycles. The molecule has 0 amide bonds. The molecule has 0 spiro atoms. The number of nitrogens with zero attached hydrogens (tertiary/aromatic N) is 3. The molecule has 0 aliphatic rings. The Kier molecular flexibility index (Phi) is 2.65. The van der Waals surface area contributed by atoms with Gasteiger partial charge in [0.15, 0.2) is 5.82 Å². The van der Waals surface area contributed by atoms with Crippen LogP contribution in [0.25, 0.3) is 31.6 Å². The van der Waals surface area contributed by atoms with E-state index in [1.165, 1.54) is 0 Å². The molecule has 19 heavy (non-hydrogen) atoms. The molecule has 0 N–H and O–H groups in total. The van der Waals surface area contributed by atoms with Crippen molar-refractivity contribution in [3.63, 3.8) is 0 Å². The summed E-state index contributed by atoms with van der Waals surface area (Å²) in [6, 6.07) is 6.10. The number of aromatic nitrogens is 3. The summed E-state index contributed by atoms with van der Waals surface area (Å²) < 4.78 is 1.11. The van der Waals surface area contributed by atoms with Crippen LogP contribution in [0.2, 0.25) is 0 Å². The summed E-state index contributed by atoms with van der Waals surface area (Å²) in [5.41, 5.74) is 1.94. The Morgan fingerprint density at radius 1 is 0.895 bits per heavy atom. The topological polar surface area (TPSA) is 38.7 Å². The minimum atomic E-state index is 0.783. The fraction of sp³-hybridized carbons (Fsp3) is 0. The van der Waals surface area contributed by atoms with Gasteiger partial charge < -0.3 is 0 Å². The summed E-state index contributed by atoms with van der Waals surface area (Å²) in [7, 11) is 0. The van der Waals surface area contributed by atoms with E-state index in [1.54, 1.807) is 34.0 Å². The van der Waals surface area contributed by atoms with Gasteiger partial charge in [-0.3, -0.25) is 0 Å². The Morgan fingerprint density at radius 2 is 1.89 bits per heavy atom. The lowest BCUT2D eigenvalue weighted by molar-refractivity contribution is 1.24. The summed E-state index contributed by atoms with van der Waals surface area (Å²) in [5, 5.41) is 7.02. The van der Waals surface area contributed by atoms with Crippen molar-refractivity contribution in [1.82, 2.24) is 15.0 Å². The predicted molar refractivity (Wildman–Crippen MR) is 81.8 cm³/mol. The number of hydrogen-bond donors (Lipinski definition) is 0. The van der Waals surface area contributed by atoms with Gasteiger partial charge in [0, 0.05) is 11.6 Å². The third kappa shape index (κ3) is 1.88. The van der Waals surface area contributed by atoms with Crippen molar-refractivity contribution in [3.8, 4) is 21.4 Å². The minimum Gasteiger partial charge on any atom is -0.243 e. The van der Waals surface area contributed by atoms with Crippen molar-refractivity contribution in [2.24, 2.45) is 0 Å². The van der Waals surface area contributed by atoms with Crippen LogP contribution in [-0.2, 0) is 0 Å². The maximum Gasteiger partial charge on any atom is 0.170 e. The summed E-state index contributed by atoms with van der Waals surface area (Å²) in [6.07, 6.45) is 1.81. The van der Waals surface area contributed by atoms with E-state index in [0.717, 1.165) is 31.6 Å². The van der Waals surface area contributed by atoms with Gasteiger partial charge >= 0.3 is 0 Å². The predicted octanol–water partition coefficient (Wildman–Crippen LogP) is 4.54. The van der Waals surface area contributed by atoms with E-state index in [4.69, 9.17) is 4.98 Å². The molecular formula is C13H7N3S3. The molecule has 0 saturated heterocycles. The van der Waals surface area contributed by atoms with Crippen molar-refractivity contribution in [1.29, 1.82) is 0 Å². The Bertz CT molecular complexity index is 816. The van der Waals surface area contributed by atoms with Crippen LogP contribution in [0.1, 0.15) is 0 Å². The quantitative estimate of drug-likeness (QED) is 0.545. The molecule has 0 aliphatic heterocycles. The van der Waals surface area contributed by atoms with Gasteiger partial charge in [-0.2, -0.15) is 0 Å². The Hall–Kier alpha value is -1.63. The molecule has 0 bridgehead atoms. The van der Waals surface area contributed by atoms with E-state index >= 15 is 0 Å². The Balaban J connectivity index is 2.03. The first kappa shape index (κ1) is 11.2. The first-order valence-corrected chi connectivity index (χ1v) is 8.25. The van der Waals surface area contributed by atoms with E-state index < -0.39 is 0 Å². The number of thiophene rings is 2. The van der Waals surface area contributed by atoms with Gasteiger partial charge in [-0.1, -0.05) is 6.07 Å². The molecule has 0 fully saturated rings. The molecule has 4 aromatic heterocycles. The van der Waals surface area contributed by atoms with Crippen LogP contribution in [0, 0.1) is 0 Å². The van der Waals surface area contributed by atoms with Crippen LogP contribution in [0.5, 0.6) is 0 Å². The molecular weight excluding hydrogens is 294 g/mol. The van der Waals surface area contributed by atoms with Gasteiger partial charge in [0.05, 0.1) is 15.1 Å². The summed E-state index contributed by atoms with van der Waals surface area (Å²) in [4.78, 5) is 14.8. The highest BCUT2D eigenvalue weighted by Crippen LogP contribution is 2.34. The smallest absolute Gasteiger partial charge is 0.170 e. The normalized spacial score (nSPS) is 11.2. The van der Waals surface area contributed by atoms with Crippen LogP contribution in [-0.4, -0.2) is 15.0 Å². The van der Waals surface area contributed by atoms with Gasteiger partial charge in [0.25, 0.3) is 0 Å². The molecule has 92 valence electrons. The largest absolute Gasteiger partial charge is 0.243 e. The zero-order valence-corrected chi connectivity index (χ0v) is 12.1. The summed E-state index contributed by atoms with van der Waals surface area (Å²) in [5.74, 6) is 0.783. The second kappa shape index (κ2) is 4.48. The molecule has 0 saturated carbocycles. The first-order chi connectivity index (χ1) is 9.42. The fourth-order valence-corrected chi connectivity index (χ4v) is 4.04. The number of fused-ring (bicyclic) bond motifs is 1.